The van der Waals surface area contributed by atoms with Crippen molar-refractivity contribution in [3.05, 3.63) is 51.9 Å². The lowest BCUT2D eigenvalue weighted by atomic mass is 10.1. The number of ether oxygens (including phenoxy) is 1. The van der Waals surface area contributed by atoms with Crippen LogP contribution in [0.4, 0.5) is 5.69 Å². The summed E-state index contributed by atoms with van der Waals surface area (Å²) in [6.07, 6.45) is 3.48. The summed E-state index contributed by atoms with van der Waals surface area (Å²) in [7, 11) is 0. The minimum Gasteiger partial charge on any atom is -0.503 e. The quantitative estimate of drug-likeness (QED) is 0.614. The lowest BCUT2D eigenvalue weighted by Gasteiger charge is -2.16. The van der Waals surface area contributed by atoms with E-state index in [0.717, 1.165) is 12.8 Å². The first-order chi connectivity index (χ1) is 12.0. The molecular formula is C19H19BrN2O3. The van der Waals surface area contributed by atoms with E-state index >= 15 is 0 Å². The second-order valence-corrected chi connectivity index (χ2v) is 6.50. The Labute approximate surface area is 155 Å². The molecule has 130 valence electrons. The van der Waals surface area contributed by atoms with Crippen molar-refractivity contribution < 1.29 is 14.6 Å². The summed E-state index contributed by atoms with van der Waals surface area (Å²) in [4.78, 5) is 18.9. The number of carbonyl (C=O) groups is 1. The standard InChI is InChI=1S/C19H19BrN2O3/c1-4-12(5-2)11-25-18-15(20)8-14(10-17(18)21-3)16-9-13(19(23)24)6-7-22-16/h6-10,12H,4-5,11H2,1-2H3,(H,23,24). The molecule has 0 unspecified atom stereocenters. The molecule has 1 heterocycles. The van der Waals surface area contributed by atoms with Crippen molar-refractivity contribution in [1.29, 1.82) is 0 Å². The fourth-order valence-corrected chi connectivity index (χ4v) is 2.96. The van der Waals surface area contributed by atoms with E-state index in [9.17, 15) is 4.79 Å². The number of rotatable bonds is 7. The summed E-state index contributed by atoms with van der Waals surface area (Å²) in [5.74, 6) is -0.0580. The molecule has 0 spiro atoms. The summed E-state index contributed by atoms with van der Waals surface area (Å²) < 4.78 is 6.54. The SMILES string of the molecule is [C-]#[N+]c1cc(-c2cc(C(=O)O)ccn2)cc(Br)c1OCC(CC)CC. The minimum atomic E-state index is -1.02. The van der Waals surface area contributed by atoms with Crippen molar-refractivity contribution in [1.82, 2.24) is 4.98 Å². The maximum absolute atomic E-state index is 11.1. The first-order valence-corrected chi connectivity index (χ1v) is 8.82. The molecule has 0 saturated carbocycles. The molecule has 6 heteroatoms. The topological polar surface area (TPSA) is 63.8 Å². The van der Waals surface area contributed by atoms with E-state index in [2.05, 4.69) is 39.6 Å². The van der Waals surface area contributed by atoms with Gasteiger partial charge >= 0.3 is 5.97 Å². The van der Waals surface area contributed by atoms with Crippen LogP contribution in [0.3, 0.4) is 0 Å². The Hall–Kier alpha value is -2.39. The van der Waals surface area contributed by atoms with Gasteiger partial charge in [0.1, 0.15) is 5.75 Å². The van der Waals surface area contributed by atoms with Crippen LogP contribution in [0.25, 0.3) is 16.1 Å². The van der Waals surface area contributed by atoms with Crippen LogP contribution < -0.4 is 4.74 Å². The average molecular weight is 403 g/mol. The van der Waals surface area contributed by atoms with Crippen LogP contribution in [0.1, 0.15) is 37.0 Å². The van der Waals surface area contributed by atoms with Crippen molar-refractivity contribution in [3.63, 3.8) is 0 Å². The van der Waals surface area contributed by atoms with Gasteiger partial charge in [0.05, 0.1) is 24.4 Å². The van der Waals surface area contributed by atoms with Crippen LogP contribution in [0, 0.1) is 12.5 Å². The lowest BCUT2D eigenvalue weighted by molar-refractivity contribution is 0.0697. The number of aromatic nitrogens is 1. The molecule has 1 N–H and O–H groups in total. The smallest absolute Gasteiger partial charge is 0.335 e. The van der Waals surface area contributed by atoms with Gasteiger partial charge in [0.25, 0.3) is 0 Å². The molecule has 0 aliphatic heterocycles. The van der Waals surface area contributed by atoms with Gasteiger partial charge in [0.15, 0.2) is 0 Å². The maximum Gasteiger partial charge on any atom is 0.335 e. The van der Waals surface area contributed by atoms with Crippen LogP contribution in [0.2, 0.25) is 0 Å². The second kappa shape index (κ2) is 8.63. The van der Waals surface area contributed by atoms with Crippen molar-refractivity contribution in [2.24, 2.45) is 5.92 Å². The van der Waals surface area contributed by atoms with Crippen LogP contribution in [-0.2, 0) is 0 Å². The maximum atomic E-state index is 11.1. The molecule has 2 rings (SSSR count). The molecule has 0 saturated heterocycles. The summed E-state index contributed by atoms with van der Waals surface area (Å²) in [5, 5.41) is 9.12. The molecule has 0 atom stereocenters. The van der Waals surface area contributed by atoms with Crippen molar-refractivity contribution in [2.75, 3.05) is 6.61 Å². The van der Waals surface area contributed by atoms with Gasteiger partial charge in [-0.1, -0.05) is 26.7 Å². The Bertz CT molecular complexity index is 811. The van der Waals surface area contributed by atoms with E-state index in [1.807, 2.05) is 0 Å². The Morgan fingerprint density at radius 2 is 2.08 bits per heavy atom. The van der Waals surface area contributed by atoms with Crippen molar-refractivity contribution in [3.8, 4) is 17.0 Å². The highest BCUT2D eigenvalue weighted by molar-refractivity contribution is 9.10. The second-order valence-electron chi connectivity index (χ2n) is 5.65. The average Bonchev–Trinajstić information content (AvgIpc) is 2.63. The van der Waals surface area contributed by atoms with Gasteiger partial charge in [0, 0.05) is 10.7 Å². The fraction of sp³-hybridized carbons (Fsp3) is 0.316. The number of hydrogen-bond donors (Lipinski definition) is 1. The van der Waals surface area contributed by atoms with E-state index in [0.29, 0.717) is 39.7 Å². The lowest BCUT2D eigenvalue weighted by Crippen LogP contribution is -2.10. The number of halogens is 1. The Morgan fingerprint density at radius 1 is 1.36 bits per heavy atom. The van der Waals surface area contributed by atoms with E-state index < -0.39 is 5.97 Å². The summed E-state index contributed by atoms with van der Waals surface area (Å²) in [6, 6.07) is 6.39. The molecule has 0 amide bonds. The largest absolute Gasteiger partial charge is 0.503 e. The van der Waals surface area contributed by atoms with E-state index in [4.69, 9.17) is 16.4 Å². The molecule has 0 aliphatic carbocycles. The van der Waals surface area contributed by atoms with Gasteiger partial charge in [-0.15, -0.1) is 0 Å². The van der Waals surface area contributed by atoms with E-state index in [1.54, 1.807) is 12.1 Å². The number of hydrogen-bond acceptors (Lipinski definition) is 3. The van der Waals surface area contributed by atoms with Crippen LogP contribution in [0.5, 0.6) is 5.75 Å². The highest BCUT2D eigenvalue weighted by atomic mass is 79.9. The number of nitrogens with zero attached hydrogens (tertiary/aromatic N) is 2. The Kier molecular flexibility index (Phi) is 6.54. The monoisotopic (exact) mass is 402 g/mol. The summed E-state index contributed by atoms with van der Waals surface area (Å²) >= 11 is 3.47. The first-order valence-electron chi connectivity index (χ1n) is 8.03. The van der Waals surface area contributed by atoms with Crippen LogP contribution >= 0.6 is 15.9 Å². The zero-order chi connectivity index (χ0) is 18.4. The highest BCUT2D eigenvalue weighted by Gasteiger charge is 2.15. The third kappa shape index (κ3) is 4.58. The molecule has 1 aromatic carbocycles. The molecular weight excluding hydrogens is 384 g/mol. The van der Waals surface area contributed by atoms with Crippen molar-refractivity contribution in [2.45, 2.75) is 26.7 Å². The highest BCUT2D eigenvalue weighted by Crippen LogP contribution is 2.40. The fourth-order valence-electron chi connectivity index (χ4n) is 2.40. The normalized spacial score (nSPS) is 10.5. The van der Waals surface area contributed by atoms with Gasteiger partial charge in [-0.05, 0) is 51.7 Å². The molecule has 5 nitrogen and oxygen atoms in total. The third-order valence-corrected chi connectivity index (χ3v) is 4.65. The Morgan fingerprint density at radius 3 is 2.68 bits per heavy atom. The van der Waals surface area contributed by atoms with Crippen LogP contribution in [-0.4, -0.2) is 22.7 Å². The van der Waals surface area contributed by atoms with Gasteiger partial charge < -0.3 is 9.84 Å². The van der Waals surface area contributed by atoms with Gasteiger partial charge in [-0.2, -0.15) is 0 Å². The summed E-state index contributed by atoms with van der Waals surface area (Å²) in [5.41, 5.74) is 1.69. The minimum absolute atomic E-state index is 0.152. The van der Waals surface area contributed by atoms with E-state index in [1.165, 1.54) is 18.3 Å². The number of aromatic carboxylic acids is 1. The third-order valence-electron chi connectivity index (χ3n) is 4.07. The molecule has 2 aromatic rings. The zero-order valence-corrected chi connectivity index (χ0v) is 15.7. The molecule has 1 aromatic heterocycles. The molecule has 0 bridgehead atoms. The molecule has 25 heavy (non-hydrogen) atoms. The van der Waals surface area contributed by atoms with E-state index in [-0.39, 0.29) is 5.56 Å². The number of pyridine rings is 1. The molecule has 0 fully saturated rings. The predicted molar refractivity (Wildman–Crippen MR) is 100 cm³/mol. The molecule has 0 aliphatic rings. The number of carboxylic acid groups (broad SMARTS) is 1. The zero-order valence-electron chi connectivity index (χ0n) is 14.1. The first kappa shape index (κ1) is 18.9. The van der Waals surface area contributed by atoms with Crippen molar-refractivity contribution >= 4 is 27.6 Å². The van der Waals surface area contributed by atoms with Gasteiger partial charge in [-0.3, -0.25) is 4.98 Å². The number of carboxylic acids is 1. The van der Waals surface area contributed by atoms with Gasteiger partial charge in [0.2, 0.25) is 5.69 Å². The molecule has 0 radical (unpaired) electrons. The Balaban J connectivity index is 2.38. The van der Waals surface area contributed by atoms with Crippen LogP contribution in [0.15, 0.2) is 34.9 Å². The predicted octanol–water partition coefficient (Wildman–Crippen LogP) is 5.58. The summed E-state index contributed by atoms with van der Waals surface area (Å²) in [6.45, 7) is 12.2. The van der Waals surface area contributed by atoms with Gasteiger partial charge in [-0.25, -0.2) is 9.64 Å². The number of benzene rings is 1.